The minimum Gasteiger partial charge on any atom is -0.455 e. The van der Waals surface area contributed by atoms with Gasteiger partial charge in [0.2, 0.25) is 5.60 Å². The van der Waals surface area contributed by atoms with E-state index in [1.54, 1.807) is 13.8 Å². The van der Waals surface area contributed by atoms with Crippen LogP contribution < -0.4 is 11.5 Å². The first-order chi connectivity index (χ1) is 13.9. The smallest absolute Gasteiger partial charge is 0.323 e. The highest BCUT2D eigenvalue weighted by molar-refractivity contribution is 6.39. The Kier molecular flexibility index (Phi) is 5.55. The number of nitrogens with zero attached hydrogens (tertiary/aromatic N) is 4. The van der Waals surface area contributed by atoms with E-state index >= 15 is 0 Å². The molecule has 11 nitrogen and oxygen atoms in total. The van der Waals surface area contributed by atoms with E-state index in [4.69, 9.17) is 36.6 Å². The highest BCUT2D eigenvalue weighted by Crippen LogP contribution is 2.43. The summed E-state index contributed by atoms with van der Waals surface area (Å²) in [6.45, 7) is 3.40. The van der Waals surface area contributed by atoms with Crippen molar-refractivity contribution >= 4 is 33.0 Å². The minimum atomic E-state index is -2.56. The van der Waals surface area contributed by atoms with Crippen LogP contribution in [0.3, 0.4) is 0 Å². The lowest BCUT2D eigenvalue weighted by Gasteiger charge is -2.31. The van der Waals surface area contributed by atoms with Gasteiger partial charge in [0.15, 0.2) is 11.9 Å². The van der Waals surface area contributed by atoms with E-state index in [0.29, 0.717) is 5.52 Å². The maximum Gasteiger partial charge on any atom is 0.323 e. The van der Waals surface area contributed by atoms with Crippen LogP contribution in [0.2, 0.25) is 0 Å². The van der Waals surface area contributed by atoms with Crippen LogP contribution in [-0.2, 0) is 19.9 Å². The van der Waals surface area contributed by atoms with Crippen LogP contribution in [0.5, 0.6) is 0 Å². The molecule has 2 aromatic rings. The predicted molar refractivity (Wildman–Crippen MR) is 105 cm³/mol. The molecular formula is C17H20B2N6O5. The van der Waals surface area contributed by atoms with Crippen LogP contribution in [0, 0.1) is 17.2 Å². The summed E-state index contributed by atoms with van der Waals surface area (Å²) in [5.41, 5.74) is 9.85. The number of carbonyl (C=O) groups excluding carboxylic acids is 1. The lowest BCUT2D eigenvalue weighted by atomic mass is 9.61. The maximum atomic E-state index is 12.4. The number of aliphatic hydroxyl groups is 2. The number of fused-ring (bicyclic) bond motifs is 1. The highest BCUT2D eigenvalue weighted by atomic mass is 16.6. The van der Waals surface area contributed by atoms with Crippen LogP contribution in [0.25, 0.3) is 5.52 Å². The molecule has 2 aromatic heterocycles. The van der Waals surface area contributed by atoms with Crippen LogP contribution >= 0.6 is 0 Å². The summed E-state index contributed by atoms with van der Waals surface area (Å²) in [5, 5.41) is 32.6. The summed E-state index contributed by atoms with van der Waals surface area (Å²) in [5.74, 6) is -1.04. The number of esters is 1. The van der Waals surface area contributed by atoms with E-state index in [0.717, 1.165) is 6.33 Å². The number of anilines is 1. The number of nitrogen functional groups attached to an aromatic ring is 1. The molecule has 0 aliphatic carbocycles. The normalized spacial score (nSPS) is 27.8. The molecule has 1 aliphatic heterocycles. The van der Waals surface area contributed by atoms with Gasteiger partial charge in [-0.2, -0.15) is 10.4 Å². The third-order valence-corrected chi connectivity index (χ3v) is 5.07. The lowest BCUT2D eigenvalue weighted by molar-refractivity contribution is -0.161. The maximum absolute atomic E-state index is 12.4. The fourth-order valence-electron chi connectivity index (χ4n) is 3.30. The molecule has 0 saturated carbocycles. The Morgan fingerprint density at radius 3 is 2.73 bits per heavy atom. The first kappa shape index (κ1) is 22.0. The Morgan fingerprint density at radius 2 is 2.17 bits per heavy atom. The Labute approximate surface area is 174 Å². The zero-order valence-corrected chi connectivity index (χ0v) is 16.3. The molecular weight excluding hydrogens is 390 g/mol. The minimum absolute atomic E-state index is 0.0440. The SMILES string of the molecule is [B]C([B])(O)C1O[C@@](C#N)(c2ccc3c(N)ncnn23)[C@H](O)[C@@H]1OC(=O)[C@@H](N)C(C)C. The van der Waals surface area contributed by atoms with Gasteiger partial charge in [-0.15, -0.1) is 0 Å². The number of carbonyl (C=O) groups is 1. The zero-order valence-electron chi connectivity index (χ0n) is 16.3. The first-order valence-corrected chi connectivity index (χ1v) is 9.06. The van der Waals surface area contributed by atoms with Crippen molar-refractivity contribution in [3.05, 3.63) is 24.2 Å². The fourth-order valence-corrected chi connectivity index (χ4v) is 3.30. The zero-order chi connectivity index (χ0) is 22.4. The molecule has 5 atom stereocenters. The predicted octanol–water partition coefficient (Wildman–Crippen LogP) is -2.33. The standard InChI is InChI=1S/C17H20B2N6O5/c1-7(2)10(21)15(27)29-11-12(26)16(5-20,30-13(11)17(18,19)28)9-4-3-8-14(22)23-6-24-25(8)9/h3-4,6-7,10-13,26,28H,21H2,1-2H3,(H2,22,23,24)/t10-,11-,12+,13?,16-/m0/s1. The molecule has 0 amide bonds. The van der Waals surface area contributed by atoms with Gasteiger partial charge in [-0.1, -0.05) is 13.8 Å². The van der Waals surface area contributed by atoms with Crippen LogP contribution in [-0.4, -0.2) is 76.2 Å². The Balaban J connectivity index is 2.09. The van der Waals surface area contributed by atoms with E-state index in [2.05, 4.69) is 10.1 Å². The average molecular weight is 410 g/mol. The lowest BCUT2D eigenvalue weighted by Crippen LogP contribution is -2.53. The number of ether oxygens (including phenoxy) is 2. The van der Waals surface area contributed by atoms with Crippen molar-refractivity contribution in [3.63, 3.8) is 0 Å². The first-order valence-electron chi connectivity index (χ1n) is 9.06. The number of aromatic nitrogens is 3. The van der Waals surface area contributed by atoms with E-state index in [-0.39, 0.29) is 17.4 Å². The highest BCUT2D eigenvalue weighted by Gasteiger charge is 2.62. The van der Waals surface area contributed by atoms with E-state index in [1.165, 1.54) is 16.6 Å². The number of hydrogen-bond donors (Lipinski definition) is 4. The molecule has 1 saturated heterocycles. The summed E-state index contributed by atoms with van der Waals surface area (Å²) >= 11 is 0. The van der Waals surface area contributed by atoms with E-state index < -0.39 is 41.3 Å². The Morgan fingerprint density at radius 1 is 1.50 bits per heavy atom. The Hall–Kier alpha value is -2.65. The number of nitriles is 1. The van der Waals surface area contributed by atoms with Crippen molar-refractivity contribution in [2.24, 2.45) is 11.7 Å². The number of aliphatic hydroxyl groups excluding tert-OH is 1. The molecule has 3 rings (SSSR count). The molecule has 13 heteroatoms. The molecule has 0 spiro atoms. The molecule has 1 fully saturated rings. The number of rotatable bonds is 5. The van der Waals surface area contributed by atoms with Crippen LogP contribution in [0.1, 0.15) is 19.5 Å². The summed E-state index contributed by atoms with van der Waals surface area (Å²) in [4.78, 5) is 16.3. The summed E-state index contributed by atoms with van der Waals surface area (Å²) in [6, 6.07) is 3.78. The van der Waals surface area contributed by atoms with Crippen molar-refractivity contribution in [3.8, 4) is 6.07 Å². The summed E-state index contributed by atoms with van der Waals surface area (Å²) in [7, 11) is 11.2. The van der Waals surface area contributed by atoms with Gasteiger partial charge < -0.3 is 31.2 Å². The van der Waals surface area contributed by atoms with Crippen molar-refractivity contribution < 1.29 is 24.5 Å². The Bertz CT molecular complexity index is 1000. The van der Waals surface area contributed by atoms with Gasteiger partial charge >= 0.3 is 5.97 Å². The van der Waals surface area contributed by atoms with Gasteiger partial charge in [0.25, 0.3) is 0 Å². The van der Waals surface area contributed by atoms with Crippen molar-refractivity contribution in [1.29, 1.82) is 5.26 Å². The topological polar surface area (TPSA) is 182 Å². The quantitative estimate of drug-likeness (QED) is 0.308. The van der Waals surface area contributed by atoms with E-state index in [9.17, 15) is 20.3 Å². The molecule has 1 aliphatic rings. The summed E-state index contributed by atoms with van der Waals surface area (Å²) < 4.78 is 12.2. The van der Waals surface area contributed by atoms with Gasteiger partial charge in [0.05, 0.1) is 5.69 Å². The molecule has 4 radical (unpaired) electrons. The van der Waals surface area contributed by atoms with Crippen molar-refractivity contribution in [2.45, 2.75) is 49.2 Å². The van der Waals surface area contributed by atoms with Crippen LogP contribution in [0.4, 0.5) is 5.82 Å². The average Bonchev–Trinajstić information content (AvgIpc) is 3.22. The summed E-state index contributed by atoms with van der Waals surface area (Å²) in [6.07, 6.45) is -3.92. The van der Waals surface area contributed by atoms with Gasteiger partial charge in [-0.05, 0) is 18.1 Å². The molecule has 30 heavy (non-hydrogen) atoms. The third-order valence-electron chi connectivity index (χ3n) is 5.07. The van der Waals surface area contributed by atoms with Gasteiger partial charge in [-0.25, -0.2) is 9.50 Å². The number of hydrogen-bond acceptors (Lipinski definition) is 10. The molecule has 0 aromatic carbocycles. The van der Waals surface area contributed by atoms with E-state index in [1.807, 2.05) is 6.07 Å². The second kappa shape index (κ2) is 7.55. The third kappa shape index (κ3) is 3.41. The monoisotopic (exact) mass is 410 g/mol. The molecule has 154 valence electrons. The fraction of sp³-hybridized carbons (Fsp3) is 0.529. The van der Waals surface area contributed by atoms with Crippen molar-refractivity contribution in [2.75, 3.05) is 5.73 Å². The largest absolute Gasteiger partial charge is 0.455 e. The van der Waals surface area contributed by atoms with Gasteiger partial charge in [0, 0.05) is 5.40 Å². The molecule has 3 heterocycles. The molecule has 6 N–H and O–H groups in total. The molecule has 1 unspecified atom stereocenters. The second-order valence-electron chi connectivity index (χ2n) is 7.55. The van der Waals surface area contributed by atoms with Crippen LogP contribution in [0.15, 0.2) is 18.5 Å². The van der Waals surface area contributed by atoms with Gasteiger partial charge in [-0.3, -0.25) is 4.79 Å². The number of nitrogens with two attached hydrogens (primary N) is 2. The van der Waals surface area contributed by atoms with Gasteiger partial charge in [0.1, 0.15) is 51.9 Å². The second-order valence-corrected chi connectivity index (χ2v) is 7.55. The van der Waals surface area contributed by atoms with Crippen molar-refractivity contribution in [1.82, 2.24) is 14.6 Å². The molecule has 0 bridgehead atoms.